The Bertz CT molecular complexity index is 606. The van der Waals surface area contributed by atoms with E-state index in [4.69, 9.17) is 5.73 Å². The first-order chi connectivity index (χ1) is 9.61. The standard InChI is InChI=1S/C17H23N3/c1-12-3-5-15-9-14(4-6-17(15)19-12)10-20-8-7-16(11-20)13(2)18/h3-6,9,13,16H,7-8,10-11,18H2,1-2H3. The van der Waals surface area contributed by atoms with Crippen LogP contribution in [-0.4, -0.2) is 29.0 Å². The molecule has 3 heteroatoms. The maximum Gasteiger partial charge on any atom is 0.0705 e. The summed E-state index contributed by atoms with van der Waals surface area (Å²) in [5.74, 6) is 0.653. The number of benzene rings is 1. The number of hydrogen-bond acceptors (Lipinski definition) is 3. The van der Waals surface area contributed by atoms with Gasteiger partial charge in [-0.25, -0.2) is 0 Å². The molecule has 1 saturated heterocycles. The van der Waals surface area contributed by atoms with E-state index in [1.54, 1.807) is 0 Å². The van der Waals surface area contributed by atoms with Crippen molar-refractivity contribution < 1.29 is 0 Å². The Morgan fingerprint density at radius 2 is 2.20 bits per heavy atom. The van der Waals surface area contributed by atoms with Crippen LogP contribution in [0.1, 0.15) is 24.6 Å². The topological polar surface area (TPSA) is 42.1 Å². The zero-order valence-electron chi connectivity index (χ0n) is 12.3. The number of rotatable bonds is 3. The highest BCUT2D eigenvalue weighted by atomic mass is 15.1. The minimum absolute atomic E-state index is 0.309. The second kappa shape index (κ2) is 5.51. The molecule has 1 aliphatic rings. The van der Waals surface area contributed by atoms with Gasteiger partial charge >= 0.3 is 0 Å². The van der Waals surface area contributed by atoms with E-state index in [0.717, 1.165) is 30.8 Å². The molecular formula is C17H23N3. The molecule has 3 nitrogen and oxygen atoms in total. The lowest BCUT2D eigenvalue weighted by Crippen LogP contribution is -2.29. The van der Waals surface area contributed by atoms with Crippen molar-refractivity contribution in [2.75, 3.05) is 13.1 Å². The molecule has 3 rings (SSSR count). The van der Waals surface area contributed by atoms with Crippen LogP contribution < -0.4 is 5.73 Å². The third-order valence-electron chi connectivity index (χ3n) is 4.35. The molecular weight excluding hydrogens is 246 g/mol. The summed E-state index contributed by atoms with van der Waals surface area (Å²) in [6.07, 6.45) is 1.23. The van der Waals surface area contributed by atoms with Gasteiger partial charge in [0.2, 0.25) is 0 Å². The largest absolute Gasteiger partial charge is 0.328 e. The molecule has 2 atom stereocenters. The van der Waals surface area contributed by atoms with Crippen LogP contribution in [0.4, 0.5) is 0 Å². The van der Waals surface area contributed by atoms with Crippen LogP contribution >= 0.6 is 0 Å². The number of aryl methyl sites for hydroxylation is 1. The van der Waals surface area contributed by atoms with Gasteiger partial charge in [0.05, 0.1) is 5.52 Å². The van der Waals surface area contributed by atoms with Crippen LogP contribution in [0.15, 0.2) is 30.3 Å². The van der Waals surface area contributed by atoms with Gasteiger partial charge in [-0.05, 0) is 56.5 Å². The lowest BCUT2D eigenvalue weighted by molar-refractivity contribution is 0.308. The lowest BCUT2D eigenvalue weighted by Gasteiger charge is -2.18. The summed E-state index contributed by atoms with van der Waals surface area (Å²) in [6.45, 7) is 7.47. The summed E-state index contributed by atoms with van der Waals surface area (Å²) in [5, 5.41) is 1.23. The number of nitrogens with zero attached hydrogens (tertiary/aromatic N) is 2. The molecule has 106 valence electrons. The number of nitrogens with two attached hydrogens (primary N) is 1. The summed E-state index contributed by atoms with van der Waals surface area (Å²) < 4.78 is 0. The van der Waals surface area contributed by atoms with E-state index < -0.39 is 0 Å². The van der Waals surface area contributed by atoms with E-state index >= 15 is 0 Å². The van der Waals surface area contributed by atoms with Gasteiger partial charge in [0.25, 0.3) is 0 Å². The minimum atomic E-state index is 0.309. The van der Waals surface area contributed by atoms with E-state index in [0.29, 0.717) is 12.0 Å². The molecule has 0 radical (unpaired) electrons. The van der Waals surface area contributed by atoms with Gasteiger partial charge in [0, 0.05) is 30.2 Å². The van der Waals surface area contributed by atoms with Gasteiger partial charge in [-0.2, -0.15) is 0 Å². The highest BCUT2D eigenvalue weighted by Gasteiger charge is 2.24. The number of likely N-dealkylation sites (tertiary alicyclic amines) is 1. The number of fused-ring (bicyclic) bond motifs is 1. The van der Waals surface area contributed by atoms with Crippen molar-refractivity contribution in [3.05, 3.63) is 41.6 Å². The molecule has 20 heavy (non-hydrogen) atoms. The lowest BCUT2D eigenvalue weighted by atomic mass is 10.0. The summed E-state index contributed by atoms with van der Waals surface area (Å²) in [6, 6.07) is 11.2. The molecule has 2 N–H and O–H groups in total. The van der Waals surface area contributed by atoms with E-state index in [1.807, 2.05) is 6.92 Å². The molecule has 0 amide bonds. The Morgan fingerprint density at radius 1 is 1.35 bits per heavy atom. The molecule has 1 aromatic carbocycles. The second-order valence-corrected chi connectivity index (χ2v) is 6.12. The maximum absolute atomic E-state index is 6.01. The Morgan fingerprint density at radius 3 is 2.95 bits per heavy atom. The molecule has 2 aromatic rings. The van der Waals surface area contributed by atoms with Crippen LogP contribution in [-0.2, 0) is 6.54 Å². The highest BCUT2D eigenvalue weighted by molar-refractivity contribution is 5.79. The average molecular weight is 269 g/mol. The van der Waals surface area contributed by atoms with Gasteiger partial charge in [0.15, 0.2) is 0 Å². The fourth-order valence-electron chi connectivity index (χ4n) is 3.07. The first kappa shape index (κ1) is 13.5. The quantitative estimate of drug-likeness (QED) is 0.931. The van der Waals surface area contributed by atoms with Crippen molar-refractivity contribution in [1.82, 2.24) is 9.88 Å². The number of pyridine rings is 1. The van der Waals surface area contributed by atoms with Crippen molar-refractivity contribution in [1.29, 1.82) is 0 Å². The smallest absolute Gasteiger partial charge is 0.0705 e. The van der Waals surface area contributed by atoms with Crippen LogP contribution in [0.2, 0.25) is 0 Å². The zero-order chi connectivity index (χ0) is 14.1. The molecule has 1 aromatic heterocycles. The van der Waals surface area contributed by atoms with E-state index in [1.165, 1.54) is 17.4 Å². The van der Waals surface area contributed by atoms with Gasteiger partial charge < -0.3 is 5.73 Å². The maximum atomic E-state index is 6.01. The minimum Gasteiger partial charge on any atom is -0.328 e. The fourth-order valence-corrected chi connectivity index (χ4v) is 3.07. The van der Waals surface area contributed by atoms with Crippen molar-refractivity contribution in [3.8, 4) is 0 Å². The normalized spacial score (nSPS) is 21.4. The van der Waals surface area contributed by atoms with Crippen molar-refractivity contribution in [3.63, 3.8) is 0 Å². The molecule has 2 unspecified atom stereocenters. The molecule has 0 bridgehead atoms. The molecule has 1 fully saturated rings. The van der Waals surface area contributed by atoms with E-state index in [-0.39, 0.29) is 0 Å². The Hall–Kier alpha value is -1.45. The van der Waals surface area contributed by atoms with Gasteiger partial charge in [-0.15, -0.1) is 0 Å². The predicted molar refractivity (Wildman–Crippen MR) is 83.5 cm³/mol. The van der Waals surface area contributed by atoms with Gasteiger partial charge in [-0.1, -0.05) is 12.1 Å². The zero-order valence-corrected chi connectivity index (χ0v) is 12.3. The summed E-state index contributed by atoms with van der Waals surface area (Å²) in [5.41, 5.74) is 9.54. The van der Waals surface area contributed by atoms with Crippen molar-refractivity contribution in [2.45, 2.75) is 32.9 Å². The first-order valence-corrected chi connectivity index (χ1v) is 7.46. The Balaban J connectivity index is 1.73. The molecule has 0 aliphatic carbocycles. The third-order valence-corrected chi connectivity index (χ3v) is 4.35. The van der Waals surface area contributed by atoms with Gasteiger partial charge in [0.1, 0.15) is 0 Å². The average Bonchev–Trinajstić information content (AvgIpc) is 2.88. The Labute approximate surface area is 120 Å². The molecule has 0 saturated carbocycles. The summed E-state index contributed by atoms with van der Waals surface area (Å²) in [7, 11) is 0. The SMILES string of the molecule is Cc1ccc2cc(CN3CCC(C(C)N)C3)ccc2n1. The monoisotopic (exact) mass is 269 g/mol. The van der Waals surface area contributed by atoms with Crippen LogP contribution in [0.5, 0.6) is 0 Å². The first-order valence-electron chi connectivity index (χ1n) is 7.46. The summed E-state index contributed by atoms with van der Waals surface area (Å²) in [4.78, 5) is 7.06. The van der Waals surface area contributed by atoms with E-state index in [2.05, 4.69) is 47.1 Å². The van der Waals surface area contributed by atoms with Crippen molar-refractivity contribution >= 4 is 10.9 Å². The highest BCUT2D eigenvalue weighted by Crippen LogP contribution is 2.22. The third kappa shape index (κ3) is 2.84. The number of hydrogen-bond donors (Lipinski definition) is 1. The number of aromatic nitrogens is 1. The van der Waals surface area contributed by atoms with Crippen LogP contribution in [0, 0.1) is 12.8 Å². The van der Waals surface area contributed by atoms with Crippen LogP contribution in [0.25, 0.3) is 10.9 Å². The molecule has 0 spiro atoms. The van der Waals surface area contributed by atoms with Gasteiger partial charge in [-0.3, -0.25) is 9.88 Å². The molecule has 2 heterocycles. The predicted octanol–water partition coefficient (Wildman–Crippen LogP) is 2.71. The van der Waals surface area contributed by atoms with Crippen LogP contribution in [0.3, 0.4) is 0 Å². The molecule has 1 aliphatic heterocycles. The second-order valence-electron chi connectivity index (χ2n) is 6.12. The fraction of sp³-hybridized carbons (Fsp3) is 0.471. The van der Waals surface area contributed by atoms with E-state index in [9.17, 15) is 0 Å². The summed E-state index contributed by atoms with van der Waals surface area (Å²) >= 11 is 0. The van der Waals surface area contributed by atoms with Crippen molar-refractivity contribution in [2.24, 2.45) is 11.7 Å². The Kier molecular flexibility index (Phi) is 3.72.